The Bertz CT molecular complexity index is 832. The number of aromatic nitrogens is 4. The van der Waals surface area contributed by atoms with Gasteiger partial charge in [0.05, 0.1) is 23.1 Å². The molecule has 0 spiro atoms. The van der Waals surface area contributed by atoms with E-state index in [4.69, 9.17) is 5.26 Å². The number of anilines is 1. The smallest absolute Gasteiger partial charge is 0.257 e. The number of hydrogen-bond acceptors (Lipinski definition) is 5. The van der Waals surface area contributed by atoms with Crippen LogP contribution >= 0.6 is 0 Å². The number of hydrogen-bond donors (Lipinski definition) is 2. The van der Waals surface area contributed by atoms with Crippen LogP contribution < -0.4 is 5.32 Å². The molecule has 22 heavy (non-hydrogen) atoms. The van der Waals surface area contributed by atoms with Crippen molar-refractivity contribution in [2.24, 2.45) is 0 Å². The largest absolute Gasteiger partial charge is 0.319 e. The van der Waals surface area contributed by atoms with Gasteiger partial charge < -0.3 is 5.32 Å². The minimum Gasteiger partial charge on any atom is -0.319 e. The number of carbonyl (C=O) groups is 1. The summed E-state index contributed by atoms with van der Waals surface area (Å²) in [6.45, 7) is 0. The van der Waals surface area contributed by atoms with Gasteiger partial charge >= 0.3 is 0 Å². The van der Waals surface area contributed by atoms with E-state index in [0.717, 1.165) is 0 Å². The summed E-state index contributed by atoms with van der Waals surface area (Å²) in [5.41, 5.74) is 2.43. The Kier molecular flexibility index (Phi) is 3.58. The molecule has 0 saturated carbocycles. The predicted molar refractivity (Wildman–Crippen MR) is 78.7 cm³/mol. The van der Waals surface area contributed by atoms with E-state index in [1.165, 1.54) is 18.5 Å². The van der Waals surface area contributed by atoms with Gasteiger partial charge in [0.1, 0.15) is 17.5 Å². The summed E-state index contributed by atoms with van der Waals surface area (Å²) in [6.07, 6.45) is 4.53. The molecule has 0 bridgehead atoms. The summed E-state index contributed by atoms with van der Waals surface area (Å²) in [5.74, 6) is -0.337. The highest BCUT2D eigenvalue weighted by Crippen LogP contribution is 2.23. The van der Waals surface area contributed by atoms with E-state index >= 15 is 0 Å². The monoisotopic (exact) mass is 290 g/mol. The SMILES string of the molecule is N#Cc1ccc(C(=O)Nc2cn[nH]c2-c2ccccn2)cn1. The van der Waals surface area contributed by atoms with Crippen LogP contribution in [0.5, 0.6) is 0 Å². The molecular formula is C15H10N6O. The molecule has 0 aliphatic carbocycles. The van der Waals surface area contributed by atoms with E-state index in [1.807, 2.05) is 18.2 Å². The van der Waals surface area contributed by atoms with Gasteiger partial charge in [-0.2, -0.15) is 10.4 Å². The molecule has 3 aromatic heterocycles. The molecule has 2 N–H and O–H groups in total. The molecule has 0 saturated heterocycles. The van der Waals surface area contributed by atoms with Crippen molar-refractivity contribution >= 4 is 11.6 Å². The highest BCUT2D eigenvalue weighted by Gasteiger charge is 2.13. The number of pyridine rings is 2. The number of rotatable bonds is 3. The number of carbonyl (C=O) groups excluding carboxylic acids is 1. The van der Waals surface area contributed by atoms with Gasteiger partial charge in [0.25, 0.3) is 5.91 Å². The number of H-pyrrole nitrogens is 1. The van der Waals surface area contributed by atoms with Crippen LogP contribution in [0.2, 0.25) is 0 Å². The van der Waals surface area contributed by atoms with Gasteiger partial charge in [-0.25, -0.2) is 4.98 Å². The second-order valence-electron chi connectivity index (χ2n) is 4.37. The van der Waals surface area contributed by atoms with Gasteiger partial charge in [0.15, 0.2) is 0 Å². The molecule has 0 aromatic carbocycles. The zero-order chi connectivity index (χ0) is 15.4. The van der Waals surface area contributed by atoms with E-state index in [1.54, 1.807) is 18.3 Å². The van der Waals surface area contributed by atoms with Gasteiger partial charge in [0.2, 0.25) is 0 Å². The van der Waals surface area contributed by atoms with Crippen molar-refractivity contribution in [3.05, 3.63) is 60.2 Å². The Balaban J connectivity index is 1.83. The van der Waals surface area contributed by atoms with Gasteiger partial charge in [0, 0.05) is 12.4 Å². The lowest BCUT2D eigenvalue weighted by atomic mass is 10.2. The van der Waals surface area contributed by atoms with Crippen LogP contribution in [0, 0.1) is 11.3 Å². The van der Waals surface area contributed by atoms with Crippen molar-refractivity contribution in [2.45, 2.75) is 0 Å². The molecule has 3 heterocycles. The average molecular weight is 290 g/mol. The van der Waals surface area contributed by atoms with E-state index in [9.17, 15) is 4.79 Å². The second-order valence-corrected chi connectivity index (χ2v) is 4.37. The molecule has 0 atom stereocenters. The quantitative estimate of drug-likeness (QED) is 0.767. The summed E-state index contributed by atoms with van der Waals surface area (Å²) >= 11 is 0. The Morgan fingerprint density at radius 3 is 2.77 bits per heavy atom. The first-order chi connectivity index (χ1) is 10.8. The van der Waals surface area contributed by atoms with Crippen LogP contribution in [0.1, 0.15) is 16.1 Å². The fourth-order valence-electron chi connectivity index (χ4n) is 1.88. The summed E-state index contributed by atoms with van der Waals surface area (Å²) in [7, 11) is 0. The summed E-state index contributed by atoms with van der Waals surface area (Å²) in [6, 6.07) is 10.4. The summed E-state index contributed by atoms with van der Waals surface area (Å²) in [4.78, 5) is 20.3. The van der Waals surface area contributed by atoms with Crippen molar-refractivity contribution in [1.82, 2.24) is 20.2 Å². The third-order valence-corrected chi connectivity index (χ3v) is 2.95. The first kappa shape index (κ1) is 13.5. The van der Waals surface area contributed by atoms with Crippen molar-refractivity contribution in [3.8, 4) is 17.5 Å². The Morgan fingerprint density at radius 1 is 1.18 bits per heavy atom. The van der Waals surface area contributed by atoms with Crippen LogP contribution in [0.25, 0.3) is 11.4 Å². The minimum absolute atomic E-state index is 0.258. The fourth-order valence-corrected chi connectivity index (χ4v) is 1.88. The third kappa shape index (κ3) is 2.66. The summed E-state index contributed by atoms with van der Waals surface area (Å²) < 4.78 is 0. The molecular weight excluding hydrogens is 280 g/mol. The lowest BCUT2D eigenvalue weighted by molar-refractivity contribution is 0.102. The Labute approximate surface area is 125 Å². The van der Waals surface area contributed by atoms with Gasteiger partial charge in [-0.15, -0.1) is 0 Å². The molecule has 3 aromatic rings. The maximum Gasteiger partial charge on any atom is 0.257 e. The molecule has 7 heteroatoms. The second kappa shape index (κ2) is 5.85. The maximum atomic E-state index is 12.2. The molecule has 0 unspecified atom stereocenters. The zero-order valence-electron chi connectivity index (χ0n) is 11.3. The maximum absolute atomic E-state index is 12.2. The molecule has 1 amide bonds. The van der Waals surface area contributed by atoms with Crippen molar-refractivity contribution in [2.75, 3.05) is 5.32 Å². The lowest BCUT2D eigenvalue weighted by Crippen LogP contribution is -2.12. The number of amides is 1. The topological polar surface area (TPSA) is 107 Å². The molecule has 0 aliphatic heterocycles. The molecule has 3 rings (SSSR count). The van der Waals surface area contributed by atoms with Crippen LogP contribution in [0.15, 0.2) is 48.9 Å². The van der Waals surface area contributed by atoms with E-state index in [2.05, 4.69) is 25.5 Å². The first-order valence-corrected chi connectivity index (χ1v) is 6.40. The first-order valence-electron chi connectivity index (χ1n) is 6.40. The number of nitrogens with zero attached hydrogens (tertiary/aromatic N) is 4. The van der Waals surface area contributed by atoms with Crippen molar-refractivity contribution in [3.63, 3.8) is 0 Å². The van der Waals surface area contributed by atoms with E-state index < -0.39 is 0 Å². The van der Waals surface area contributed by atoms with E-state index in [0.29, 0.717) is 22.6 Å². The van der Waals surface area contributed by atoms with Gasteiger partial charge in [-0.3, -0.25) is 14.9 Å². The number of nitriles is 1. The minimum atomic E-state index is -0.337. The van der Waals surface area contributed by atoms with Gasteiger partial charge in [-0.1, -0.05) is 6.07 Å². The summed E-state index contributed by atoms with van der Waals surface area (Å²) in [5, 5.41) is 18.2. The molecule has 7 nitrogen and oxygen atoms in total. The highest BCUT2D eigenvalue weighted by atomic mass is 16.1. The molecule has 0 fully saturated rings. The number of nitrogens with one attached hydrogen (secondary N) is 2. The Morgan fingerprint density at radius 2 is 2.09 bits per heavy atom. The fraction of sp³-hybridized carbons (Fsp3) is 0. The third-order valence-electron chi connectivity index (χ3n) is 2.95. The normalized spacial score (nSPS) is 9.95. The Hall–Kier alpha value is -3.53. The van der Waals surface area contributed by atoms with Crippen LogP contribution in [-0.2, 0) is 0 Å². The van der Waals surface area contributed by atoms with Crippen LogP contribution in [-0.4, -0.2) is 26.1 Å². The van der Waals surface area contributed by atoms with Crippen LogP contribution in [0.4, 0.5) is 5.69 Å². The average Bonchev–Trinajstić information content (AvgIpc) is 3.04. The lowest BCUT2D eigenvalue weighted by Gasteiger charge is -2.05. The van der Waals surface area contributed by atoms with Crippen LogP contribution in [0.3, 0.4) is 0 Å². The molecule has 0 radical (unpaired) electrons. The number of aromatic amines is 1. The molecule has 0 aliphatic rings. The van der Waals surface area contributed by atoms with Crippen molar-refractivity contribution in [1.29, 1.82) is 5.26 Å². The zero-order valence-corrected chi connectivity index (χ0v) is 11.3. The standard InChI is InChI=1S/C15H10N6O/c16-7-11-5-4-10(8-18-11)15(22)20-13-9-19-21-14(13)12-3-1-2-6-17-12/h1-6,8-9H,(H,19,21)(H,20,22). The van der Waals surface area contributed by atoms with E-state index in [-0.39, 0.29) is 11.6 Å². The molecule has 106 valence electrons. The van der Waals surface area contributed by atoms with Gasteiger partial charge in [-0.05, 0) is 24.3 Å². The van der Waals surface area contributed by atoms with Crippen molar-refractivity contribution < 1.29 is 4.79 Å². The predicted octanol–water partition coefficient (Wildman–Crippen LogP) is 1.99. The highest BCUT2D eigenvalue weighted by molar-refractivity contribution is 6.05.